The van der Waals surface area contributed by atoms with Gasteiger partial charge >= 0.3 is 0 Å². The van der Waals surface area contributed by atoms with Gasteiger partial charge in [0.05, 0.1) is 12.7 Å². The van der Waals surface area contributed by atoms with Crippen molar-refractivity contribution in [2.24, 2.45) is 11.8 Å². The Labute approximate surface area is 185 Å². The second-order valence-electron chi connectivity index (χ2n) is 9.50. The topological polar surface area (TPSA) is 38.8 Å². The first-order valence-electron chi connectivity index (χ1n) is 11.8. The van der Waals surface area contributed by atoms with Crippen molar-refractivity contribution in [3.05, 3.63) is 59.7 Å². The third-order valence-electron chi connectivity index (χ3n) is 7.82. The molecule has 4 nitrogen and oxygen atoms in total. The third kappa shape index (κ3) is 4.23. The van der Waals surface area contributed by atoms with E-state index in [1.807, 2.05) is 30.3 Å². The molecule has 1 heterocycles. The number of piperidine rings is 1. The van der Waals surface area contributed by atoms with Crippen LogP contribution in [0.15, 0.2) is 48.5 Å². The number of para-hydroxylation sites is 2. The Hall–Kier alpha value is -2.33. The highest BCUT2D eigenvalue weighted by Gasteiger charge is 2.43. The number of benzene rings is 2. The number of likely N-dealkylation sites (tertiary alicyclic amines) is 1. The first-order chi connectivity index (χ1) is 15.2. The van der Waals surface area contributed by atoms with E-state index in [2.05, 4.69) is 17.0 Å². The normalized spacial score (nSPS) is 26.2. The lowest BCUT2D eigenvalue weighted by atomic mass is 9.86. The zero-order valence-electron chi connectivity index (χ0n) is 18.5. The molecular formula is C27H33NO3. The van der Waals surface area contributed by atoms with E-state index in [4.69, 9.17) is 9.47 Å². The van der Waals surface area contributed by atoms with Gasteiger partial charge in [-0.05, 0) is 86.7 Å². The number of fused-ring (bicyclic) bond motifs is 2. The summed E-state index contributed by atoms with van der Waals surface area (Å²) in [7, 11) is 1.59. The Kier molecular flexibility index (Phi) is 5.99. The average Bonchev–Trinajstić information content (AvgIpc) is 3.47. The number of nitrogens with zero attached hydrogens (tertiary/aromatic N) is 1. The molecule has 3 aliphatic rings. The van der Waals surface area contributed by atoms with Gasteiger partial charge in [0.25, 0.3) is 0 Å². The molecule has 2 aromatic carbocycles. The van der Waals surface area contributed by atoms with Crippen molar-refractivity contribution in [2.45, 2.75) is 50.5 Å². The van der Waals surface area contributed by atoms with Crippen LogP contribution in [0.3, 0.4) is 0 Å². The molecule has 0 radical (unpaired) electrons. The minimum Gasteiger partial charge on any atom is -0.496 e. The van der Waals surface area contributed by atoms with Gasteiger partial charge < -0.3 is 14.4 Å². The van der Waals surface area contributed by atoms with Crippen LogP contribution >= 0.6 is 0 Å². The Morgan fingerprint density at radius 2 is 1.68 bits per heavy atom. The summed E-state index contributed by atoms with van der Waals surface area (Å²) in [6, 6.07) is 16.4. The number of methoxy groups -OCH3 is 1. The maximum Gasteiger partial charge on any atom is 0.203 e. The molecule has 0 N–H and O–H groups in total. The SMILES string of the molecule is COc1ccccc1C(=O)COc1ccccc1C1CCN([C@H]2C[C@H]3CC[C@H]2C3)CC1. The van der Waals surface area contributed by atoms with E-state index in [-0.39, 0.29) is 12.4 Å². The van der Waals surface area contributed by atoms with Crippen molar-refractivity contribution >= 4 is 5.78 Å². The van der Waals surface area contributed by atoms with Crippen LogP contribution in [0.25, 0.3) is 0 Å². The van der Waals surface area contributed by atoms with Gasteiger partial charge in [0.2, 0.25) is 5.78 Å². The van der Waals surface area contributed by atoms with E-state index in [1.165, 1.54) is 57.2 Å². The van der Waals surface area contributed by atoms with Crippen LogP contribution in [0.5, 0.6) is 11.5 Å². The summed E-state index contributed by atoms with van der Waals surface area (Å²) >= 11 is 0. The fourth-order valence-corrected chi connectivity index (χ4v) is 6.25. The lowest BCUT2D eigenvalue weighted by Crippen LogP contribution is -2.43. The maximum atomic E-state index is 12.7. The molecule has 0 unspecified atom stereocenters. The smallest absolute Gasteiger partial charge is 0.203 e. The monoisotopic (exact) mass is 419 g/mol. The molecule has 0 amide bonds. The van der Waals surface area contributed by atoms with Crippen molar-refractivity contribution in [3.8, 4) is 11.5 Å². The fourth-order valence-electron chi connectivity index (χ4n) is 6.25. The average molecular weight is 420 g/mol. The van der Waals surface area contributed by atoms with Crippen molar-refractivity contribution in [3.63, 3.8) is 0 Å². The van der Waals surface area contributed by atoms with Gasteiger partial charge in [0.1, 0.15) is 11.5 Å². The van der Waals surface area contributed by atoms with Gasteiger partial charge in [-0.15, -0.1) is 0 Å². The first kappa shape index (κ1) is 20.6. The van der Waals surface area contributed by atoms with Gasteiger partial charge in [-0.1, -0.05) is 36.8 Å². The van der Waals surface area contributed by atoms with Crippen LogP contribution in [-0.4, -0.2) is 43.5 Å². The van der Waals surface area contributed by atoms with Crippen LogP contribution in [0.1, 0.15) is 60.4 Å². The van der Waals surface area contributed by atoms with Gasteiger partial charge in [-0.25, -0.2) is 0 Å². The van der Waals surface area contributed by atoms with Gasteiger partial charge in [-0.2, -0.15) is 0 Å². The number of Topliss-reactive ketones (excluding diaryl/α,β-unsaturated/α-hetero) is 1. The molecule has 2 bridgehead atoms. The number of ketones is 1. The molecule has 1 aliphatic heterocycles. The third-order valence-corrected chi connectivity index (χ3v) is 7.82. The fraction of sp³-hybridized carbons (Fsp3) is 0.519. The van der Waals surface area contributed by atoms with Gasteiger partial charge in [0.15, 0.2) is 6.61 Å². The highest BCUT2D eigenvalue weighted by Crippen LogP contribution is 2.47. The molecule has 5 rings (SSSR count). The molecule has 31 heavy (non-hydrogen) atoms. The summed E-state index contributed by atoms with van der Waals surface area (Å²) < 4.78 is 11.4. The number of ether oxygens (including phenoxy) is 2. The van der Waals surface area contributed by atoms with Gasteiger partial charge in [0, 0.05) is 6.04 Å². The number of carbonyl (C=O) groups excluding carboxylic acids is 1. The Morgan fingerprint density at radius 1 is 0.935 bits per heavy atom. The van der Waals surface area contributed by atoms with E-state index in [0.29, 0.717) is 17.2 Å². The van der Waals surface area contributed by atoms with Crippen molar-refractivity contribution < 1.29 is 14.3 Å². The van der Waals surface area contributed by atoms with Crippen LogP contribution in [0.4, 0.5) is 0 Å². The molecule has 4 heteroatoms. The summed E-state index contributed by atoms with van der Waals surface area (Å²) in [5, 5.41) is 0. The standard InChI is InChI=1S/C27H33NO3/c1-30-26-8-4-3-7-23(26)25(29)18-31-27-9-5-2-6-22(27)20-12-14-28(15-13-20)24-17-19-10-11-21(24)16-19/h2-9,19-21,24H,10-18H2,1H3/t19-,21-,24-/m0/s1. The minimum absolute atomic E-state index is 0.0291. The molecule has 164 valence electrons. The van der Waals surface area contributed by atoms with E-state index in [0.717, 1.165) is 23.6 Å². The summed E-state index contributed by atoms with van der Waals surface area (Å²) in [5.74, 6) is 3.85. The van der Waals surface area contributed by atoms with Crippen LogP contribution in [0.2, 0.25) is 0 Å². The predicted molar refractivity (Wildman–Crippen MR) is 122 cm³/mol. The molecule has 3 atom stereocenters. The van der Waals surface area contributed by atoms with E-state index in [9.17, 15) is 4.79 Å². The highest BCUT2D eigenvalue weighted by molar-refractivity contribution is 5.99. The van der Waals surface area contributed by atoms with Crippen LogP contribution in [0, 0.1) is 11.8 Å². The van der Waals surface area contributed by atoms with E-state index in [1.54, 1.807) is 13.2 Å². The van der Waals surface area contributed by atoms with Crippen molar-refractivity contribution in [1.82, 2.24) is 4.90 Å². The molecule has 2 aromatic rings. The lowest BCUT2D eigenvalue weighted by Gasteiger charge is -2.40. The molecule has 0 aromatic heterocycles. The number of carbonyl (C=O) groups is 1. The minimum atomic E-state index is -0.0571. The quantitative estimate of drug-likeness (QED) is 0.569. The number of rotatable bonds is 7. The van der Waals surface area contributed by atoms with E-state index < -0.39 is 0 Å². The molecule has 2 saturated carbocycles. The molecule has 3 fully saturated rings. The Morgan fingerprint density at radius 3 is 2.39 bits per heavy atom. The van der Waals surface area contributed by atoms with Gasteiger partial charge in [-0.3, -0.25) is 4.79 Å². The lowest BCUT2D eigenvalue weighted by molar-refractivity contribution is 0.0914. The summed E-state index contributed by atoms with van der Waals surface area (Å²) in [6.07, 6.45) is 8.17. The van der Waals surface area contributed by atoms with Crippen molar-refractivity contribution in [2.75, 3.05) is 26.8 Å². The van der Waals surface area contributed by atoms with E-state index >= 15 is 0 Å². The summed E-state index contributed by atoms with van der Waals surface area (Å²) in [5.41, 5.74) is 1.82. The molecule has 1 saturated heterocycles. The first-order valence-corrected chi connectivity index (χ1v) is 11.8. The maximum absolute atomic E-state index is 12.7. The van der Waals surface area contributed by atoms with Crippen LogP contribution in [-0.2, 0) is 0 Å². The molecular weight excluding hydrogens is 386 g/mol. The second kappa shape index (κ2) is 9.04. The predicted octanol–water partition coefficient (Wildman–Crippen LogP) is 5.32. The number of hydrogen-bond acceptors (Lipinski definition) is 4. The summed E-state index contributed by atoms with van der Waals surface area (Å²) in [4.78, 5) is 15.5. The molecule has 0 spiro atoms. The zero-order chi connectivity index (χ0) is 21.2. The molecule has 2 aliphatic carbocycles. The number of hydrogen-bond donors (Lipinski definition) is 0. The van der Waals surface area contributed by atoms with Crippen molar-refractivity contribution in [1.29, 1.82) is 0 Å². The van der Waals surface area contributed by atoms with Crippen LogP contribution < -0.4 is 9.47 Å². The highest BCUT2D eigenvalue weighted by atomic mass is 16.5. The largest absolute Gasteiger partial charge is 0.496 e. The zero-order valence-corrected chi connectivity index (χ0v) is 18.5. The summed E-state index contributed by atoms with van der Waals surface area (Å²) in [6.45, 7) is 2.40. The Balaban J connectivity index is 1.21. The second-order valence-corrected chi connectivity index (χ2v) is 9.50. The Bertz CT molecular complexity index is 918.